The summed E-state index contributed by atoms with van der Waals surface area (Å²) in [5, 5.41) is 9.18. The molecule has 132 valence electrons. The molecular weight excluding hydrogens is 362 g/mol. The van der Waals surface area contributed by atoms with E-state index in [1.54, 1.807) is 40.9 Å². The van der Waals surface area contributed by atoms with Crippen LogP contribution in [-0.4, -0.2) is 22.8 Å². The number of fused-ring (bicyclic) bond motifs is 1. The number of sulfone groups is 1. The zero-order valence-corrected chi connectivity index (χ0v) is 14.8. The van der Waals surface area contributed by atoms with E-state index in [1.807, 2.05) is 0 Å². The number of imidazole rings is 1. The van der Waals surface area contributed by atoms with Crippen molar-refractivity contribution in [1.82, 2.24) is 14.4 Å². The Balaban J connectivity index is 1.88. The first-order valence-electron chi connectivity index (χ1n) is 7.94. The van der Waals surface area contributed by atoms with Crippen LogP contribution in [0.15, 0.2) is 76.9 Å². The number of rotatable bonds is 3. The van der Waals surface area contributed by atoms with Gasteiger partial charge in [0, 0.05) is 23.5 Å². The molecule has 27 heavy (non-hydrogen) atoms. The Morgan fingerprint density at radius 1 is 1.00 bits per heavy atom. The van der Waals surface area contributed by atoms with Gasteiger partial charge in [-0.1, -0.05) is 18.2 Å². The predicted octanol–water partition coefficient (Wildman–Crippen LogP) is 2.68. The molecule has 0 aliphatic heterocycles. The summed E-state index contributed by atoms with van der Waals surface area (Å²) in [5.41, 5.74) is 8.12. The molecule has 0 spiro atoms. The van der Waals surface area contributed by atoms with Gasteiger partial charge < -0.3 is 5.73 Å². The lowest BCUT2D eigenvalue weighted by molar-refractivity contribution is 0.596. The van der Waals surface area contributed by atoms with Crippen LogP contribution in [0, 0.1) is 11.3 Å². The summed E-state index contributed by atoms with van der Waals surface area (Å²) >= 11 is 0. The van der Waals surface area contributed by atoms with Crippen LogP contribution in [0.5, 0.6) is 0 Å². The summed E-state index contributed by atoms with van der Waals surface area (Å²) < 4.78 is 27.5. The fourth-order valence-electron chi connectivity index (χ4n) is 2.79. The smallest absolute Gasteiger partial charge is 0.210 e. The number of pyridine rings is 2. The molecule has 0 fully saturated rings. The minimum atomic E-state index is -3.80. The zero-order valence-electron chi connectivity index (χ0n) is 13.9. The van der Waals surface area contributed by atoms with Gasteiger partial charge in [-0.15, -0.1) is 0 Å². The van der Waals surface area contributed by atoms with Crippen molar-refractivity contribution in [2.45, 2.75) is 9.79 Å². The van der Waals surface area contributed by atoms with Crippen LogP contribution in [0.3, 0.4) is 0 Å². The summed E-state index contributed by atoms with van der Waals surface area (Å²) in [6, 6.07) is 15.2. The number of aromatic nitrogens is 3. The number of nitrogens with zero attached hydrogens (tertiary/aromatic N) is 4. The molecule has 0 aliphatic carbocycles. The van der Waals surface area contributed by atoms with Crippen molar-refractivity contribution in [2.24, 2.45) is 0 Å². The number of hydrogen-bond acceptors (Lipinski definition) is 6. The topological polar surface area (TPSA) is 114 Å². The van der Waals surface area contributed by atoms with Gasteiger partial charge in [-0.3, -0.25) is 4.40 Å². The Bertz CT molecular complexity index is 1310. The maximum atomic E-state index is 12.9. The third-order valence-corrected chi connectivity index (χ3v) is 5.98. The van der Waals surface area contributed by atoms with E-state index < -0.39 is 9.84 Å². The second-order valence-electron chi connectivity index (χ2n) is 5.83. The molecule has 4 aromatic rings. The number of benzene rings is 1. The van der Waals surface area contributed by atoms with Crippen LogP contribution in [0.4, 0.5) is 5.82 Å². The maximum absolute atomic E-state index is 12.9. The molecule has 3 heterocycles. The Hall–Kier alpha value is -3.70. The molecule has 0 saturated heterocycles. The number of nitrogen functional groups attached to an aromatic ring is 1. The van der Waals surface area contributed by atoms with Gasteiger partial charge in [-0.05, 0) is 30.3 Å². The second-order valence-corrected chi connectivity index (χ2v) is 7.74. The Labute approximate surface area is 155 Å². The van der Waals surface area contributed by atoms with Crippen LogP contribution in [0.25, 0.3) is 16.8 Å². The molecule has 0 amide bonds. The quantitative estimate of drug-likeness (QED) is 0.589. The molecular formula is C19H13N5O2S. The van der Waals surface area contributed by atoms with E-state index in [9.17, 15) is 13.7 Å². The zero-order chi connectivity index (χ0) is 19.0. The lowest BCUT2D eigenvalue weighted by atomic mass is 10.1. The number of nitrogens with two attached hydrogens (primary N) is 1. The lowest BCUT2D eigenvalue weighted by Crippen LogP contribution is -2.07. The summed E-state index contributed by atoms with van der Waals surface area (Å²) in [4.78, 5) is 8.30. The van der Waals surface area contributed by atoms with E-state index in [4.69, 9.17) is 5.73 Å². The van der Waals surface area contributed by atoms with Crippen LogP contribution in [0.2, 0.25) is 0 Å². The Morgan fingerprint density at radius 2 is 1.78 bits per heavy atom. The van der Waals surface area contributed by atoms with E-state index >= 15 is 0 Å². The SMILES string of the molecule is N#Cc1cnc2ccc(-c3cnc(N)c(S(=O)(=O)c4ccccc4)c3)cn12. The van der Waals surface area contributed by atoms with Crippen molar-refractivity contribution in [3.05, 3.63) is 72.8 Å². The summed E-state index contributed by atoms with van der Waals surface area (Å²) in [6.07, 6.45) is 4.70. The van der Waals surface area contributed by atoms with Gasteiger partial charge in [0.25, 0.3) is 0 Å². The van der Waals surface area contributed by atoms with E-state index in [-0.39, 0.29) is 15.6 Å². The average Bonchev–Trinajstić information content (AvgIpc) is 3.11. The molecule has 0 bridgehead atoms. The fourth-order valence-corrected chi connectivity index (χ4v) is 4.17. The Kier molecular flexibility index (Phi) is 3.86. The van der Waals surface area contributed by atoms with Gasteiger partial charge in [0.2, 0.25) is 9.84 Å². The molecule has 0 atom stereocenters. The molecule has 4 rings (SSSR count). The number of anilines is 1. The number of hydrogen-bond donors (Lipinski definition) is 1. The molecule has 8 heteroatoms. The highest BCUT2D eigenvalue weighted by atomic mass is 32.2. The number of nitriles is 1. The first kappa shape index (κ1) is 16.8. The largest absolute Gasteiger partial charge is 0.383 e. The Morgan fingerprint density at radius 3 is 2.52 bits per heavy atom. The van der Waals surface area contributed by atoms with Crippen molar-refractivity contribution in [2.75, 3.05) is 5.73 Å². The van der Waals surface area contributed by atoms with E-state index in [2.05, 4.69) is 16.0 Å². The van der Waals surface area contributed by atoms with Crippen molar-refractivity contribution in [3.63, 3.8) is 0 Å². The first-order chi connectivity index (χ1) is 13.0. The van der Waals surface area contributed by atoms with Crippen LogP contribution < -0.4 is 5.73 Å². The third-order valence-electron chi connectivity index (χ3n) is 4.18. The first-order valence-corrected chi connectivity index (χ1v) is 9.42. The molecule has 2 N–H and O–H groups in total. The second kappa shape index (κ2) is 6.23. The predicted molar refractivity (Wildman–Crippen MR) is 99.4 cm³/mol. The molecule has 0 radical (unpaired) electrons. The third kappa shape index (κ3) is 2.80. The van der Waals surface area contributed by atoms with Gasteiger partial charge >= 0.3 is 0 Å². The van der Waals surface area contributed by atoms with Gasteiger partial charge in [0.15, 0.2) is 0 Å². The van der Waals surface area contributed by atoms with Gasteiger partial charge in [0.1, 0.15) is 28.1 Å². The van der Waals surface area contributed by atoms with Crippen molar-refractivity contribution < 1.29 is 8.42 Å². The normalized spacial score (nSPS) is 11.4. The molecule has 1 aromatic carbocycles. The van der Waals surface area contributed by atoms with E-state index in [0.29, 0.717) is 22.5 Å². The molecule has 3 aromatic heterocycles. The van der Waals surface area contributed by atoms with Crippen molar-refractivity contribution >= 4 is 21.3 Å². The summed E-state index contributed by atoms with van der Waals surface area (Å²) in [5.74, 6) is -0.0657. The van der Waals surface area contributed by atoms with Crippen molar-refractivity contribution in [1.29, 1.82) is 5.26 Å². The molecule has 0 aliphatic rings. The van der Waals surface area contributed by atoms with Crippen molar-refractivity contribution in [3.8, 4) is 17.2 Å². The molecule has 0 unspecified atom stereocenters. The highest BCUT2D eigenvalue weighted by Gasteiger charge is 2.22. The standard InChI is InChI=1S/C19H13N5O2S/c20-9-15-11-22-18-7-6-13(12-24(15)18)14-8-17(19(21)23-10-14)27(25,26)16-4-2-1-3-5-16/h1-8,10-12H,(H2,21,23). The van der Waals surface area contributed by atoms with Crippen LogP contribution in [-0.2, 0) is 9.84 Å². The summed E-state index contributed by atoms with van der Waals surface area (Å²) in [7, 11) is -3.80. The van der Waals surface area contributed by atoms with E-state index in [1.165, 1.54) is 30.6 Å². The fraction of sp³-hybridized carbons (Fsp3) is 0. The van der Waals surface area contributed by atoms with Crippen LogP contribution >= 0.6 is 0 Å². The highest BCUT2D eigenvalue weighted by Crippen LogP contribution is 2.29. The minimum absolute atomic E-state index is 0.0579. The highest BCUT2D eigenvalue weighted by molar-refractivity contribution is 7.91. The summed E-state index contributed by atoms with van der Waals surface area (Å²) in [6.45, 7) is 0. The van der Waals surface area contributed by atoms with Gasteiger partial charge in [-0.2, -0.15) is 5.26 Å². The lowest BCUT2D eigenvalue weighted by Gasteiger charge is -2.10. The minimum Gasteiger partial charge on any atom is -0.383 e. The average molecular weight is 375 g/mol. The van der Waals surface area contributed by atoms with Gasteiger partial charge in [-0.25, -0.2) is 18.4 Å². The van der Waals surface area contributed by atoms with Crippen LogP contribution in [0.1, 0.15) is 5.69 Å². The molecule has 7 nitrogen and oxygen atoms in total. The van der Waals surface area contributed by atoms with Gasteiger partial charge in [0.05, 0.1) is 11.1 Å². The van der Waals surface area contributed by atoms with E-state index in [0.717, 1.165) is 0 Å². The monoisotopic (exact) mass is 375 g/mol. The maximum Gasteiger partial charge on any atom is 0.210 e. The molecule has 0 saturated carbocycles.